The van der Waals surface area contributed by atoms with E-state index in [2.05, 4.69) is 6.58 Å². The van der Waals surface area contributed by atoms with Crippen molar-refractivity contribution in [3.05, 3.63) is 41.4 Å². The van der Waals surface area contributed by atoms with Crippen LogP contribution in [0.15, 0.2) is 30.8 Å². The predicted molar refractivity (Wildman–Crippen MR) is 67.9 cm³/mol. The van der Waals surface area contributed by atoms with E-state index in [1.807, 2.05) is 12.1 Å². The van der Waals surface area contributed by atoms with E-state index in [-0.39, 0.29) is 5.91 Å². The number of amides is 1. The van der Waals surface area contributed by atoms with E-state index in [0.717, 1.165) is 5.56 Å². The molecule has 0 atom stereocenters. The minimum atomic E-state index is -0.0458. The monoisotopic (exact) mass is 251 g/mol. The second kappa shape index (κ2) is 5.34. The van der Waals surface area contributed by atoms with Crippen molar-refractivity contribution in [2.45, 2.75) is 0 Å². The Morgan fingerprint density at radius 1 is 1.35 bits per heavy atom. The van der Waals surface area contributed by atoms with Crippen LogP contribution in [0.5, 0.6) is 0 Å². The van der Waals surface area contributed by atoms with Gasteiger partial charge in [-0.25, -0.2) is 0 Å². The van der Waals surface area contributed by atoms with Crippen LogP contribution in [0.1, 0.15) is 5.56 Å². The number of carbonyl (C=O) groups is 1. The maximum Gasteiger partial charge on any atom is 0.254 e. The first-order chi connectivity index (χ1) is 8.18. The summed E-state index contributed by atoms with van der Waals surface area (Å²) < 4.78 is 5.21. The van der Waals surface area contributed by atoms with Gasteiger partial charge in [0.2, 0.25) is 0 Å². The standard InChI is InChI=1S/C13H14ClNO2/c1-10(11-3-2-4-12(14)9-11)13(16)15-5-7-17-8-6-15/h2-4,9H,1,5-8H2. The molecule has 0 saturated carbocycles. The molecular formula is C13H14ClNO2. The predicted octanol–water partition coefficient (Wildman–Crippen LogP) is 2.21. The van der Waals surface area contributed by atoms with Crippen LogP contribution in [0.3, 0.4) is 0 Å². The van der Waals surface area contributed by atoms with Gasteiger partial charge in [0.05, 0.1) is 13.2 Å². The van der Waals surface area contributed by atoms with Gasteiger partial charge in [0.15, 0.2) is 0 Å². The normalized spacial score (nSPS) is 15.7. The fourth-order valence-electron chi connectivity index (χ4n) is 1.76. The number of halogens is 1. The van der Waals surface area contributed by atoms with Crippen LogP contribution in [0.2, 0.25) is 5.02 Å². The van der Waals surface area contributed by atoms with Crippen molar-refractivity contribution in [3.63, 3.8) is 0 Å². The maximum absolute atomic E-state index is 12.1. The second-order valence-corrected chi connectivity index (χ2v) is 4.33. The summed E-state index contributed by atoms with van der Waals surface area (Å²) in [5.41, 5.74) is 1.25. The van der Waals surface area contributed by atoms with Crippen LogP contribution in [0, 0.1) is 0 Å². The molecule has 0 spiro atoms. The minimum Gasteiger partial charge on any atom is -0.378 e. The van der Waals surface area contributed by atoms with Crippen molar-refractivity contribution < 1.29 is 9.53 Å². The van der Waals surface area contributed by atoms with E-state index >= 15 is 0 Å². The molecule has 1 amide bonds. The van der Waals surface area contributed by atoms with Crippen molar-refractivity contribution in [2.24, 2.45) is 0 Å². The first kappa shape index (κ1) is 12.1. The summed E-state index contributed by atoms with van der Waals surface area (Å²) in [6, 6.07) is 7.18. The Morgan fingerprint density at radius 3 is 2.71 bits per heavy atom. The summed E-state index contributed by atoms with van der Waals surface area (Å²) in [4.78, 5) is 13.9. The maximum atomic E-state index is 12.1. The molecule has 1 aromatic carbocycles. The lowest BCUT2D eigenvalue weighted by Gasteiger charge is -2.27. The average molecular weight is 252 g/mol. The van der Waals surface area contributed by atoms with Gasteiger partial charge >= 0.3 is 0 Å². The summed E-state index contributed by atoms with van der Waals surface area (Å²) in [6.07, 6.45) is 0. The number of ether oxygens (including phenoxy) is 1. The number of morpholine rings is 1. The van der Waals surface area contributed by atoms with Gasteiger partial charge in [-0.2, -0.15) is 0 Å². The van der Waals surface area contributed by atoms with Gasteiger partial charge < -0.3 is 9.64 Å². The van der Waals surface area contributed by atoms with E-state index in [1.165, 1.54) is 0 Å². The number of benzene rings is 1. The molecular weight excluding hydrogens is 238 g/mol. The fraction of sp³-hybridized carbons (Fsp3) is 0.308. The Labute approximate surface area is 106 Å². The Bertz CT molecular complexity index is 439. The highest BCUT2D eigenvalue weighted by Gasteiger charge is 2.20. The molecule has 17 heavy (non-hydrogen) atoms. The summed E-state index contributed by atoms with van der Waals surface area (Å²) in [7, 11) is 0. The lowest BCUT2D eigenvalue weighted by atomic mass is 10.1. The Hall–Kier alpha value is -1.32. The highest BCUT2D eigenvalue weighted by atomic mass is 35.5. The molecule has 1 aromatic rings. The van der Waals surface area contributed by atoms with Gasteiger partial charge in [-0.15, -0.1) is 0 Å². The van der Waals surface area contributed by atoms with Gasteiger partial charge in [0, 0.05) is 23.7 Å². The number of rotatable bonds is 2. The summed E-state index contributed by atoms with van der Waals surface area (Å²) >= 11 is 5.89. The molecule has 3 nitrogen and oxygen atoms in total. The zero-order chi connectivity index (χ0) is 12.3. The zero-order valence-corrected chi connectivity index (χ0v) is 10.2. The van der Waals surface area contributed by atoms with E-state index in [4.69, 9.17) is 16.3 Å². The molecule has 0 aliphatic carbocycles. The Balaban J connectivity index is 2.11. The Kier molecular flexibility index (Phi) is 3.82. The van der Waals surface area contributed by atoms with Crippen LogP contribution in [-0.4, -0.2) is 37.1 Å². The van der Waals surface area contributed by atoms with Gasteiger partial charge in [0.25, 0.3) is 5.91 Å². The molecule has 2 rings (SSSR count). The number of hydrogen-bond donors (Lipinski definition) is 0. The fourth-order valence-corrected chi connectivity index (χ4v) is 1.95. The molecule has 4 heteroatoms. The molecule has 1 aliphatic heterocycles. The molecule has 1 saturated heterocycles. The first-order valence-corrected chi connectivity index (χ1v) is 5.88. The van der Waals surface area contributed by atoms with Crippen LogP contribution in [0.25, 0.3) is 5.57 Å². The molecule has 0 radical (unpaired) electrons. The lowest BCUT2D eigenvalue weighted by Crippen LogP contribution is -2.40. The zero-order valence-electron chi connectivity index (χ0n) is 9.49. The van der Waals surface area contributed by atoms with Crippen LogP contribution < -0.4 is 0 Å². The Morgan fingerprint density at radius 2 is 2.06 bits per heavy atom. The summed E-state index contributed by atoms with van der Waals surface area (Å²) in [5.74, 6) is -0.0458. The summed E-state index contributed by atoms with van der Waals surface area (Å²) in [5, 5.41) is 0.610. The third-order valence-corrected chi connectivity index (χ3v) is 2.96. The van der Waals surface area contributed by atoms with Crippen molar-refractivity contribution in [2.75, 3.05) is 26.3 Å². The number of carbonyl (C=O) groups excluding carboxylic acids is 1. The quantitative estimate of drug-likeness (QED) is 0.755. The van der Waals surface area contributed by atoms with Gasteiger partial charge in [-0.05, 0) is 17.7 Å². The SMILES string of the molecule is C=C(C(=O)N1CCOCC1)c1cccc(Cl)c1. The highest BCUT2D eigenvalue weighted by Crippen LogP contribution is 2.19. The van der Waals surface area contributed by atoms with Gasteiger partial charge in [-0.3, -0.25) is 4.79 Å². The highest BCUT2D eigenvalue weighted by molar-refractivity contribution is 6.31. The third-order valence-electron chi connectivity index (χ3n) is 2.73. The van der Waals surface area contributed by atoms with E-state index in [0.29, 0.717) is 36.9 Å². The largest absolute Gasteiger partial charge is 0.378 e. The summed E-state index contributed by atoms with van der Waals surface area (Å²) in [6.45, 7) is 6.28. The van der Waals surface area contributed by atoms with Crippen molar-refractivity contribution >= 4 is 23.1 Å². The van der Waals surface area contributed by atoms with Gasteiger partial charge in [-0.1, -0.05) is 30.3 Å². The third kappa shape index (κ3) is 2.87. The van der Waals surface area contributed by atoms with E-state index in [9.17, 15) is 4.79 Å². The molecule has 0 N–H and O–H groups in total. The second-order valence-electron chi connectivity index (χ2n) is 3.89. The number of nitrogens with zero attached hydrogens (tertiary/aromatic N) is 1. The van der Waals surface area contributed by atoms with E-state index < -0.39 is 0 Å². The van der Waals surface area contributed by atoms with Crippen LogP contribution in [0.4, 0.5) is 0 Å². The minimum absolute atomic E-state index is 0.0458. The van der Waals surface area contributed by atoms with Crippen molar-refractivity contribution in [3.8, 4) is 0 Å². The lowest BCUT2D eigenvalue weighted by molar-refractivity contribution is -0.128. The molecule has 0 unspecified atom stereocenters. The molecule has 1 fully saturated rings. The first-order valence-electron chi connectivity index (χ1n) is 5.50. The van der Waals surface area contributed by atoms with Crippen molar-refractivity contribution in [1.29, 1.82) is 0 Å². The number of hydrogen-bond acceptors (Lipinski definition) is 2. The van der Waals surface area contributed by atoms with E-state index in [1.54, 1.807) is 17.0 Å². The van der Waals surface area contributed by atoms with Gasteiger partial charge in [0.1, 0.15) is 0 Å². The van der Waals surface area contributed by atoms with Crippen LogP contribution >= 0.6 is 11.6 Å². The molecule has 0 bridgehead atoms. The smallest absolute Gasteiger partial charge is 0.254 e. The van der Waals surface area contributed by atoms with Crippen LogP contribution in [-0.2, 0) is 9.53 Å². The molecule has 0 aromatic heterocycles. The molecule has 90 valence electrons. The molecule has 1 heterocycles. The topological polar surface area (TPSA) is 29.5 Å². The average Bonchev–Trinajstić information content (AvgIpc) is 2.38. The molecule has 1 aliphatic rings. The van der Waals surface area contributed by atoms with Crippen molar-refractivity contribution in [1.82, 2.24) is 4.90 Å².